The monoisotopic (exact) mass is 226 g/mol. The number of hydrogen-bond donors (Lipinski definition) is 1. The van der Waals surface area contributed by atoms with Gasteiger partial charge >= 0.3 is 0 Å². The summed E-state index contributed by atoms with van der Waals surface area (Å²) in [6.45, 7) is 2.66. The Kier molecular flexibility index (Phi) is 4.18. The molecule has 2 fully saturated rings. The normalized spacial score (nSPS) is 31.4. The van der Waals surface area contributed by atoms with Crippen LogP contribution >= 0.6 is 0 Å². The van der Waals surface area contributed by atoms with Gasteiger partial charge in [0.05, 0.1) is 12.1 Å². The number of nitrogens with one attached hydrogen (secondary N) is 1. The van der Waals surface area contributed by atoms with Crippen LogP contribution in [0.2, 0.25) is 0 Å². The molecule has 2 aliphatic rings. The van der Waals surface area contributed by atoms with Crippen molar-refractivity contribution in [2.75, 3.05) is 26.7 Å². The van der Waals surface area contributed by atoms with Crippen LogP contribution in [0.3, 0.4) is 0 Å². The standard InChI is InChI=1S/C12H22N2O2/c1-16-10-5-4-8-14(9-10)12(15)11-6-2-3-7-13-11/h10-11,13H,2-9H2,1H3. The van der Waals surface area contributed by atoms with E-state index in [4.69, 9.17) is 4.74 Å². The first-order valence-corrected chi connectivity index (χ1v) is 6.36. The van der Waals surface area contributed by atoms with Crippen molar-refractivity contribution in [1.29, 1.82) is 0 Å². The van der Waals surface area contributed by atoms with Gasteiger partial charge in [-0.3, -0.25) is 4.79 Å². The average molecular weight is 226 g/mol. The molecule has 4 heteroatoms. The predicted octanol–water partition coefficient (Wildman–Crippen LogP) is 0.766. The molecule has 0 aromatic heterocycles. The lowest BCUT2D eigenvalue weighted by Crippen LogP contribution is -2.52. The van der Waals surface area contributed by atoms with Gasteiger partial charge in [-0.2, -0.15) is 0 Å². The molecule has 0 radical (unpaired) electrons. The lowest BCUT2D eigenvalue weighted by atomic mass is 10.0. The Morgan fingerprint density at radius 3 is 2.88 bits per heavy atom. The number of likely N-dealkylation sites (tertiary alicyclic amines) is 1. The number of hydrogen-bond acceptors (Lipinski definition) is 3. The molecule has 0 saturated carbocycles. The summed E-state index contributed by atoms with van der Waals surface area (Å²) in [6.07, 6.45) is 5.75. The second kappa shape index (κ2) is 5.64. The van der Waals surface area contributed by atoms with E-state index >= 15 is 0 Å². The number of piperidine rings is 2. The predicted molar refractivity (Wildman–Crippen MR) is 62.3 cm³/mol. The van der Waals surface area contributed by atoms with Crippen LogP contribution in [0, 0.1) is 0 Å². The van der Waals surface area contributed by atoms with Gasteiger partial charge in [0.25, 0.3) is 0 Å². The zero-order valence-corrected chi connectivity index (χ0v) is 10.1. The number of carbonyl (C=O) groups is 1. The molecule has 2 saturated heterocycles. The van der Waals surface area contributed by atoms with Gasteiger partial charge in [0.1, 0.15) is 0 Å². The zero-order chi connectivity index (χ0) is 11.4. The molecule has 2 aliphatic heterocycles. The summed E-state index contributed by atoms with van der Waals surface area (Å²) in [5.74, 6) is 0.279. The maximum Gasteiger partial charge on any atom is 0.239 e. The summed E-state index contributed by atoms with van der Waals surface area (Å²) >= 11 is 0. The molecular formula is C12H22N2O2. The van der Waals surface area contributed by atoms with E-state index in [0.717, 1.165) is 38.9 Å². The molecule has 0 aliphatic carbocycles. The van der Waals surface area contributed by atoms with Crippen molar-refractivity contribution in [3.05, 3.63) is 0 Å². The number of rotatable bonds is 2. The van der Waals surface area contributed by atoms with Crippen molar-refractivity contribution in [2.45, 2.75) is 44.2 Å². The molecule has 2 rings (SSSR count). The van der Waals surface area contributed by atoms with Crippen LogP contribution in [-0.2, 0) is 9.53 Å². The molecule has 2 heterocycles. The second-order valence-corrected chi connectivity index (χ2v) is 4.79. The topological polar surface area (TPSA) is 41.6 Å². The van der Waals surface area contributed by atoms with Crippen molar-refractivity contribution in [3.63, 3.8) is 0 Å². The van der Waals surface area contributed by atoms with Gasteiger partial charge in [0.15, 0.2) is 0 Å². The highest BCUT2D eigenvalue weighted by Crippen LogP contribution is 2.16. The Morgan fingerprint density at radius 1 is 1.31 bits per heavy atom. The minimum Gasteiger partial charge on any atom is -0.380 e. The van der Waals surface area contributed by atoms with Crippen LogP contribution in [-0.4, -0.2) is 49.7 Å². The Bertz CT molecular complexity index is 239. The van der Waals surface area contributed by atoms with E-state index in [2.05, 4.69) is 5.32 Å². The molecule has 2 unspecified atom stereocenters. The summed E-state index contributed by atoms with van der Waals surface area (Å²) in [6, 6.07) is 0.0596. The number of ether oxygens (including phenoxy) is 1. The van der Waals surface area contributed by atoms with Crippen molar-refractivity contribution < 1.29 is 9.53 Å². The van der Waals surface area contributed by atoms with Gasteiger partial charge in [-0.25, -0.2) is 0 Å². The van der Waals surface area contributed by atoms with E-state index in [0.29, 0.717) is 0 Å². The number of carbonyl (C=O) groups excluding carboxylic acids is 1. The maximum atomic E-state index is 12.2. The lowest BCUT2D eigenvalue weighted by Gasteiger charge is -2.35. The van der Waals surface area contributed by atoms with Crippen LogP contribution in [0.4, 0.5) is 0 Å². The Hall–Kier alpha value is -0.610. The summed E-state index contributed by atoms with van der Waals surface area (Å²) in [5, 5.41) is 3.32. The van der Waals surface area contributed by atoms with Gasteiger partial charge < -0.3 is 15.0 Å². The molecule has 2 atom stereocenters. The van der Waals surface area contributed by atoms with Crippen LogP contribution < -0.4 is 5.32 Å². The molecule has 0 spiro atoms. The van der Waals surface area contributed by atoms with Gasteiger partial charge in [-0.15, -0.1) is 0 Å². The fourth-order valence-electron chi connectivity index (χ4n) is 2.61. The fourth-order valence-corrected chi connectivity index (χ4v) is 2.61. The highest BCUT2D eigenvalue weighted by Gasteiger charge is 2.29. The van der Waals surface area contributed by atoms with Gasteiger partial charge in [-0.1, -0.05) is 6.42 Å². The third-order valence-corrected chi connectivity index (χ3v) is 3.63. The number of amides is 1. The smallest absolute Gasteiger partial charge is 0.239 e. The quantitative estimate of drug-likeness (QED) is 0.756. The number of nitrogens with zero attached hydrogens (tertiary/aromatic N) is 1. The van der Waals surface area contributed by atoms with Crippen LogP contribution in [0.15, 0.2) is 0 Å². The van der Waals surface area contributed by atoms with Crippen LogP contribution in [0.25, 0.3) is 0 Å². The summed E-state index contributed by atoms with van der Waals surface area (Å²) in [4.78, 5) is 14.2. The first kappa shape index (κ1) is 11.9. The molecule has 0 bridgehead atoms. The van der Waals surface area contributed by atoms with Gasteiger partial charge in [-0.05, 0) is 32.2 Å². The maximum absolute atomic E-state index is 12.2. The van der Waals surface area contributed by atoms with E-state index in [1.54, 1.807) is 7.11 Å². The Balaban J connectivity index is 1.87. The lowest BCUT2D eigenvalue weighted by molar-refractivity contribution is -0.137. The first-order chi connectivity index (χ1) is 7.81. The third-order valence-electron chi connectivity index (χ3n) is 3.63. The van der Waals surface area contributed by atoms with Crippen molar-refractivity contribution in [1.82, 2.24) is 10.2 Å². The van der Waals surface area contributed by atoms with Crippen molar-refractivity contribution in [3.8, 4) is 0 Å². The van der Waals surface area contributed by atoms with Crippen molar-refractivity contribution in [2.24, 2.45) is 0 Å². The molecule has 1 N–H and O–H groups in total. The zero-order valence-electron chi connectivity index (χ0n) is 10.1. The summed E-state index contributed by atoms with van der Waals surface area (Å²) in [5.41, 5.74) is 0. The third kappa shape index (κ3) is 2.74. The van der Waals surface area contributed by atoms with Crippen LogP contribution in [0.1, 0.15) is 32.1 Å². The van der Waals surface area contributed by atoms with Gasteiger partial charge in [0, 0.05) is 20.2 Å². The second-order valence-electron chi connectivity index (χ2n) is 4.79. The highest BCUT2D eigenvalue weighted by molar-refractivity contribution is 5.82. The minimum absolute atomic E-state index is 0.0596. The highest BCUT2D eigenvalue weighted by atomic mass is 16.5. The Morgan fingerprint density at radius 2 is 2.19 bits per heavy atom. The van der Waals surface area contributed by atoms with E-state index in [-0.39, 0.29) is 18.1 Å². The molecule has 4 nitrogen and oxygen atoms in total. The average Bonchev–Trinajstić information content (AvgIpc) is 2.39. The van der Waals surface area contributed by atoms with E-state index in [9.17, 15) is 4.79 Å². The molecule has 0 aromatic rings. The fraction of sp³-hybridized carbons (Fsp3) is 0.917. The van der Waals surface area contributed by atoms with Crippen molar-refractivity contribution >= 4 is 5.91 Å². The van der Waals surface area contributed by atoms with E-state index < -0.39 is 0 Å². The molecule has 0 aromatic carbocycles. The minimum atomic E-state index is 0.0596. The molecular weight excluding hydrogens is 204 g/mol. The first-order valence-electron chi connectivity index (χ1n) is 6.36. The molecule has 16 heavy (non-hydrogen) atoms. The number of methoxy groups -OCH3 is 1. The largest absolute Gasteiger partial charge is 0.380 e. The van der Waals surface area contributed by atoms with E-state index in [1.165, 1.54) is 12.8 Å². The van der Waals surface area contributed by atoms with Gasteiger partial charge in [0.2, 0.25) is 5.91 Å². The molecule has 92 valence electrons. The molecule has 1 amide bonds. The summed E-state index contributed by atoms with van der Waals surface area (Å²) < 4.78 is 5.34. The SMILES string of the molecule is COC1CCCN(C(=O)C2CCCCN2)C1. The summed E-state index contributed by atoms with van der Waals surface area (Å²) in [7, 11) is 1.73. The van der Waals surface area contributed by atoms with Crippen LogP contribution in [0.5, 0.6) is 0 Å². The Labute approximate surface area is 97.3 Å². The van der Waals surface area contributed by atoms with E-state index in [1.807, 2.05) is 4.90 Å².